The molecule has 3 rings (SSSR count). The third-order valence-electron chi connectivity index (χ3n) is 4.35. The molecule has 0 aliphatic rings. The van der Waals surface area contributed by atoms with Crippen LogP contribution in [0.3, 0.4) is 0 Å². The normalized spacial score (nSPS) is 11.8. The quantitative estimate of drug-likeness (QED) is 0.538. The molecule has 0 bridgehead atoms. The summed E-state index contributed by atoms with van der Waals surface area (Å²) in [5, 5.41) is 9.06. The maximum absolute atomic E-state index is 14.2. The first kappa shape index (κ1) is 22.1. The Morgan fingerprint density at radius 3 is 2.48 bits per heavy atom. The SMILES string of the molecule is CC[C@@H](Oc1nc(Oc2cc(F)cc(-c3cccc(CN)c3)c2)c(F)cc1F)C(=O)O. The van der Waals surface area contributed by atoms with Gasteiger partial charge in [-0.25, -0.2) is 18.0 Å². The summed E-state index contributed by atoms with van der Waals surface area (Å²) in [4.78, 5) is 14.7. The third kappa shape index (κ3) is 5.32. The molecule has 1 heterocycles. The lowest BCUT2D eigenvalue weighted by atomic mass is 10.0. The maximum Gasteiger partial charge on any atom is 0.344 e. The van der Waals surface area contributed by atoms with Crippen LogP contribution in [-0.4, -0.2) is 22.2 Å². The largest absolute Gasteiger partial charge is 0.479 e. The number of hydrogen-bond acceptors (Lipinski definition) is 5. The molecule has 0 amide bonds. The van der Waals surface area contributed by atoms with E-state index in [9.17, 15) is 18.0 Å². The Morgan fingerprint density at radius 1 is 1.06 bits per heavy atom. The summed E-state index contributed by atoms with van der Waals surface area (Å²) in [5.41, 5.74) is 7.58. The molecule has 0 saturated carbocycles. The minimum Gasteiger partial charge on any atom is -0.479 e. The van der Waals surface area contributed by atoms with Gasteiger partial charge >= 0.3 is 5.97 Å². The Bertz CT molecular complexity index is 1110. The molecule has 0 aliphatic heterocycles. The lowest BCUT2D eigenvalue weighted by Crippen LogP contribution is -2.26. The first-order chi connectivity index (χ1) is 14.8. The fourth-order valence-corrected chi connectivity index (χ4v) is 2.81. The number of pyridine rings is 1. The van der Waals surface area contributed by atoms with Crippen molar-refractivity contribution in [3.8, 4) is 28.6 Å². The second kappa shape index (κ2) is 9.48. The Labute approximate surface area is 176 Å². The first-order valence-electron chi connectivity index (χ1n) is 9.34. The van der Waals surface area contributed by atoms with E-state index in [1.54, 1.807) is 18.2 Å². The van der Waals surface area contributed by atoms with Crippen LogP contribution in [0.25, 0.3) is 11.1 Å². The average molecular weight is 432 g/mol. The molecular weight excluding hydrogens is 413 g/mol. The van der Waals surface area contributed by atoms with E-state index >= 15 is 0 Å². The number of carboxylic acids is 1. The molecule has 3 aromatic rings. The topological polar surface area (TPSA) is 94.7 Å². The van der Waals surface area contributed by atoms with E-state index in [4.69, 9.17) is 20.3 Å². The summed E-state index contributed by atoms with van der Waals surface area (Å²) in [6.07, 6.45) is -1.35. The van der Waals surface area contributed by atoms with Crippen molar-refractivity contribution in [1.82, 2.24) is 4.98 Å². The lowest BCUT2D eigenvalue weighted by molar-refractivity contribution is -0.145. The van der Waals surface area contributed by atoms with Gasteiger partial charge in [0.15, 0.2) is 17.7 Å². The van der Waals surface area contributed by atoms with Crippen LogP contribution in [0.15, 0.2) is 48.5 Å². The molecule has 0 unspecified atom stereocenters. The minimum absolute atomic E-state index is 0.0269. The highest BCUT2D eigenvalue weighted by Crippen LogP contribution is 2.31. The fourth-order valence-electron chi connectivity index (χ4n) is 2.81. The number of benzene rings is 2. The molecule has 1 atom stereocenters. The van der Waals surface area contributed by atoms with Crippen LogP contribution < -0.4 is 15.2 Å². The van der Waals surface area contributed by atoms with Crippen molar-refractivity contribution < 1.29 is 32.5 Å². The highest BCUT2D eigenvalue weighted by atomic mass is 19.1. The maximum atomic E-state index is 14.2. The standard InChI is InChI=1S/C22H19F3N2O4/c1-2-19(22(28)29)31-21-18(25)10-17(24)20(27-21)30-16-8-14(7-15(23)9-16)13-5-3-4-12(6-13)11-26/h3-10,19H,2,11,26H2,1H3,(H,28,29)/t19-/m1/s1. The second-order valence-corrected chi connectivity index (χ2v) is 6.60. The summed E-state index contributed by atoms with van der Waals surface area (Å²) in [5.74, 6) is -5.86. The average Bonchev–Trinajstić information content (AvgIpc) is 2.74. The number of ether oxygens (including phenoxy) is 2. The van der Waals surface area contributed by atoms with E-state index in [1.165, 1.54) is 19.1 Å². The van der Waals surface area contributed by atoms with E-state index in [1.807, 2.05) is 6.07 Å². The van der Waals surface area contributed by atoms with Gasteiger partial charge in [-0.15, -0.1) is 0 Å². The molecule has 162 valence electrons. The molecule has 3 N–H and O–H groups in total. The number of rotatable bonds is 8. The predicted octanol–water partition coefficient (Wildman–Crippen LogP) is 4.66. The monoisotopic (exact) mass is 432 g/mol. The number of nitrogens with two attached hydrogens (primary N) is 1. The van der Waals surface area contributed by atoms with E-state index in [0.29, 0.717) is 23.7 Å². The minimum atomic E-state index is -1.38. The Morgan fingerprint density at radius 2 is 1.81 bits per heavy atom. The summed E-state index contributed by atoms with van der Waals surface area (Å²) in [7, 11) is 0. The molecule has 0 fully saturated rings. The number of nitrogens with zero attached hydrogens (tertiary/aromatic N) is 1. The zero-order chi connectivity index (χ0) is 22.5. The van der Waals surface area contributed by atoms with Gasteiger partial charge in [-0.3, -0.25) is 0 Å². The molecule has 31 heavy (non-hydrogen) atoms. The number of carbonyl (C=O) groups is 1. The van der Waals surface area contributed by atoms with Crippen molar-refractivity contribution in [1.29, 1.82) is 0 Å². The first-order valence-corrected chi connectivity index (χ1v) is 9.34. The van der Waals surface area contributed by atoms with E-state index in [0.717, 1.165) is 11.6 Å². The van der Waals surface area contributed by atoms with Gasteiger partial charge in [0.2, 0.25) is 0 Å². The van der Waals surface area contributed by atoms with Crippen molar-refractivity contribution in [2.24, 2.45) is 5.73 Å². The van der Waals surface area contributed by atoms with Crippen molar-refractivity contribution in [3.63, 3.8) is 0 Å². The van der Waals surface area contributed by atoms with Gasteiger partial charge in [0.1, 0.15) is 11.6 Å². The van der Waals surface area contributed by atoms with Crippen LogP contribution in [0.4, 0.5) is 13.2 Å². The number of carboxylic acid groups (broad SMARTS) is 1. The third-order valence-corrected chi connectivity index (χ3v) is 4.35. The van der Waals surface area contributed by atoms with Gasteiger partial charge in [-0.05, 0) is 41.3 Å². The van der Waals surface area contributed by atoms with Gasteiger partial charge in [-0.1, -0.05) is 25.1 Å². The number of aromatic nitrogens is 1. The van der Waals surface area contributed by atoms with Crippen LogP contribution in [0.1, 0.15) is 18.9 Å². The summed E-state index contributed by atoms with van der Waals surface area (Å²) in [6, 6.07) is 11.3. The van der Waals surface area contributed by atoms with Gasteiger partial charge in [0.05, 0.1) is 0 Å². The molecule has 0 spiro atoms. The molecule has 1 aromatic heterocycles. The second-order valence-electron chi connectivity index (χ2n) is 6.60. The Balaban J connectivity index is 1.94. The highest BCUT2D eigenvalue weighted by Gasteiger charge is 2.22. The van der Waals surface area contributed by atoms with Crippen LogP contribution in [0.2, 0.25) is 0 Å². The zero-order valence-electron chi connectivity index (χ0n) is 16.4. The van der Waals surface area contributed by atoms with Gasteiger partial charge in [0, 0.05) is 18.7 Å². The fraction of sp³-hybridized carbons (Fsp3) is 0.182. The summed E-state index contributed by atoms with van der Waals surface area (Å²) >= 11 is 0. The van der Waals surface area contributed by atoms with Crippen molar-refractivity contribution in [2.75, 3.05) is 0 Å². The van der Waals surface area contributed by atoms with E-state index in [2.05, 4.69) is 4.98 Å². The van der Waals surface area contributed by atoms with Crippen molar-refractivity contribution in [2.45, 2.75) is 26.0 Å². The van der Waals surface area contributed by atoms with Gasteiger partial charge in [0.25, 0.3) is 11.8 Å². The molecule has 2 aromatic carbocycles. The Kier molecular flexibility index (Phi) is 6.76. The number of hydrogen-bond donors (Lipinski definition) is 2. The summed E-state index contributed by atoms with van der Waals surface area (Å²) < 4.78 is 52.7. The van der Waals surface area contributed by atoms with E-state index < -0.39 is 41.3 Å². The molecular formula is C22H19F3N2O4. The Hall–Kier alpha value is -3.59. The van der Waals surface area contributed by atoms with Gasteiger partial charge < -0.3 is 20.3 Å². The van der Waals surface area contributed by atoms with E-state index in [-0.39, 0.29) is 12.2 Å². The lowest BCUT2D eigenvalue weighted by Gasteiger charge is -2.14. The summed E-state index contributed by atoms with van der Waals surface area (Å²) in [6.45, 7) is 1.82. The number of halogens is 3. The van der Waals surface area contributed by atoms with Crippen molar-refractivity contribution in [3.05, 3.63) is 71.5 Å². The zero-order valence-corrected chi connectivity index (χ0v) is 16.4. The molecule has 6 nitrogen and oxygen atoms in total. The molecule has 0 aliphatic carbocycles. The smallest absolute Gasteiger partial charge is 0.344 e. The van der Waals surface area contributed by atoms with Crippen LogP contribution in [-0.2, 0) is 11.3 Å². The van der Waals surface area contributed by atoms with Crippen LogP contribution >= 0.6 is 0 Å². The molecule has 9 heteroatoms. The highest BCUT2D eigenvalue weighted by molar-refractivity contribution is 5.72. The predicted molar refractivity (Wildman–Crippen MR) is 106 cm³/mol. The van der Waals surface area contributed by atoms with Gasteiger partial charge in [-0.2, -0.15) is 4.98 Å². The van der Waals surface area contributed by atoms with Crippen molar-refractivity contribution >= 4 is 5.97 Å². The molecule has 0 saturated heterocycles. The molecule has 0 radical (unpaired) electrons. The van der Waals surface area contributed by atoms with Crippen LogP contribution in [0.5, 0.6) is 17.5 Å². The van der Waals surface area contributed by atoms with Crippen LogP contribution in [0, 0.1) is 17.5 Å². The number of aliphatic carboxylic acids is 1.